The molecule has 1 aromatic carbocycles. The molecule has 0 amide bonds. The summed E-state index contributed by atoms with van der Waals surface area (Å²) in [4.78, 5) is 25.0. The standard InChI is InChI=1S/C11H7N3O2/c15-6-7-5-10-8-3-1-2-4-9(8)12-11(16)14(10)13-7/h1-6H,(H,12,16). The fraction of sp³-hybridized carbons (Fsp3) is 0. The van der Waals surface area contributed by atoms with Crippen molar-refractivity contribution >= 4 is 22.7 Å². The van der Waals surface area contributed by atoms with Crippen LogP contribution in [-0.2, 0) is 0 Å². The van der Waals surface area contributed by atoms with Crippen molar-refractivity contribution in [2.24, 2.45) is 0 Å². The third-order valence-corrected chi connectivity index (χ3v) is 2.49. The Hall–Kier alpha value is -2.43. The van der Waals surface area contributed by atoms with Crippen LogP contribution in [0.4, 0.5) is 0 Å². The predicted molar refractivity (Wildman–Crippen MR) is 58.7 cm³/mol. The minimum atomic E-state index is -0.346. The van der Waals surface area contributed by atoms with E-state index in [-0.39, 0.29) is 11.4 Å². The first-order valence-electron chi connectivity index (χ1n) is 4.75. The Kier molecular flexibility index (Phi) is 1.67. The molecule has 1 N–H and O–H groups in total. The van der Waals surface area contributed by atoms with Crippen LogP contribution in [0, 0.1) is 0 Å². The molecule has 0 fully saturated rings. The first-order valence-corrected chi connectivity index (χ1v) is 4.75. The Balaban J connectivity index is 2.62. The lowest BCUT2D eigenvalue weighted by atomic mass is 10.2. The van der Waals surface area contributed by atoms with E-state index in [0.717, 1.165) is 10.9 Å². The van der Waals surface area contributed by atoms with E-state index in [1.807, 2.05) is 24.3 Å². The second-order valence-corrected chi connectivity index (χ2v) is 3.46. The van der Waals surface area contributed by atoms with Gasteiger partial charge in [-0.25, -0.2) is 4.79 Å². The molecule has 0 saturated heterocycles. The molecule has 0 aliphatic heterocycles. The van der Waals surface area contributed by atoms with Crippen LogP contribution in [0.3, 0.4) is 0 Å². The van der Waals surface area contributed by atoms with Crippen LogP contribution in [0.25, 0.3) is 16.4 Å². The van der Waals surface area contributed by atoms with Gasteiger partial charge in [0.15, 0.2) is 6.29 Å². The fourth-order valence-corrected chi connectivity index (χ4v) is 1.79. The second-order valence-electron chi connectivity index (χ2n) is 3.46. The number of carbonyl (C=O) groups excluding carboxylic acids is 1. The van der Waals surface area contributed by atoms with E-state index in [9.17, 15) is 9.59 Å². The molecule has 3 rings (SSSR count). The summed E-state index contributed by atoms with van der Waals surface area (Å²) in [6, 6.07) is 8.99. The molecular formula is C11H7N3O2. The zero-order valence-corrected chi connectivity index (χ0v) is 8.18. The molecule has 0 aliphatic rings. The average molecular weight is 213 g/mol. The van der Waals surface area contributed by atoms with Gasteiger partial charge in [0, 0.05) is 5.39 Å². The molecule has 0 unspecified atom stereocenters. The third-order valence-electron chi connectivity index (χ3n) is 2.49. The smallest absolute Gasteiger partial charge is 0.305 e. The second kappa shape index (κ2) is 3.03. The maximum atomic E-state index is 11.7. The van der Waals surface area contributed by atoms with Gasteiger partial charge in [-0.1, -0.05) is 18.2 Å². The summed E-state index contributed by atoms with van der Waals surface area (Å²) in [5, 5.41) is 4.75. The molecule has 2 aromatic heterocycles. The number of hydrogen-bond acceptors (Lipinski definition) is 3. The minimum Gasteiger partial charge on any atom is -0.305 e. The molecule has 0 aliphatic carbocycles. The number of hydrogen-bond donors (Lipinski definition) is 1. The van der Waals surface area contributed by atoms with Gasteiger partial charge in [-0.2, -0.15) is 9.61 Å². The number of fused-ring (bicyclic) bond motifs is 3. The maximum absolute atomic E-state index is 11.7. The van der Waals surface area contributed by atoms with E-state index in [0.29, 0.717) is 11.8 Å². The van der Waals surface area contributed by atoms with Gasteiger partial charge in [0.25, 0.3) is 0 Å². The van der Waals surface area contributed by atoms with Gasteiger partial charge in [-0.05, 0) is 12.1 Å². The largest absolute Gasteiger partial charge is 0.347 e. The molecule has 5 nitrogen and oxygen atoms in total. The van der Waals surface area contributed by atoms with E-state index in [4.69, 9.17) is 0 Å². The van der Waals surface area contributed by atoms with Crippen molar-refractivity contribution in [2.45, 2.75) is 0 Å². The van der Waals surface area contributed by atoms with Crippen molar-refractivity contribution in [1.82, 2.24) is 14.6 Å². The molecule has 0 radical (unpaired) electrons. The van der Waals surface area contributed by atoms with Crippen molar-refractivity contribution in [3.63, 3.8) is 0 Å². The highest BCUT2D eigenvalue weighted by molar-refractivity contribution is 5.94. The summed E-state index contributed by atoms with van der Waals surface area (Å²) in [5.41, 5.74) is 1.28. The maximum Gasteiger partial charge on any atom is 0.347 e. The van der Waals surface area contributed by atoms with Gasteiger partial charge in [0.1, 0.15) is 5.69 Å². The van der Waals surface area contributed by atoms with Gasteiger partial charge in [-0.3, -0.25) is 4.79 Å². The van der Waals surface area contributed by atoms with Crippen LogP contribution in [0.5, 0.6) is 0 Å². The number of aromatic nitrogens is 3. The van der Waals surface area contributed by atoms with Gasteiger partial charge >= 0.3 is 5.69 Å². The van der Waals surface area contributed by atoms with Crippen molar-refractivity contribution < 1.29 is 4.79 Å². The van der Waals surface area contributed by atoms with E-state index in [1.165, 1.54) is 4.52 Å². The number of carbonyl (C=O) groups is 1. The monoisotopic (exact) mass is 213 g/mol. The van der Waals surface area contributed by atoms with Crippen LogP contribution >= 0.6 is 0 Å². The predicted octanol–water partition coefficient (Wildman–Crippen LogP) is 0.988. The Bertz CT molecular complexity index is 755. The molecule has 78 valence electrons. The quantitative estimate of drug-likeness (QED) is 0.613. The molecular weight excluding hydrogens is 206 g/mol. The number of para-hydroxylation sites is 1. The van der Waals surface area contributed by atoms with Crippen molar-refractivity contribution in [3.8, 4) is 0 Å². The highest BCUT2D eigenvalue weighted by Gasteiger charge is 2.07. The lowest BCUT2D eigenvalue weighted by molar-refractivity contribution is 0.111. The summed E-state index contributed by atoms with van der Waals surface area (Å²) in [7, 11) is 0. The topological polar surface area (TPSA) is 67.2 Å². The van der Waals surface area contributed by atoms with Crippen LogP contribution in [0.2, 0.25) is 0 Å². The van der Waals surface area contributed by atoms with E-state index in [1.54, 1.807) is 6.07 Å². The lowest BCUT2D eigenvalue weighted by Gasteiger charge is -1.98. The van der Waals surface area contributed by atoms with E-state index in [2.05, 4.69) is 10.1 Å². The van der Waals surface area contributed by atoms with Gasteiger partial charge in [0.05, 0.1) is 11.0 Å². The summed E-state index contributed by atoms with van der Waals surface area (Å²) < 4.78 is 1.20. The van der Waals surface area contributed by atoms with Crippen molar-refractivity contribution in [1.29, 1.82) is 0 Å². The zero-order chi connectivity index (χ0) is 11.1. The van der Waals surface area contributed by atoms with Gasteiger partial charge < -0.3 is 4.98 Å². The number of rotatable bonds is 1. The molecule has 0 saturated carbocycles. The number of H-pyrrole nitrogens is 1. The highest BCUT2D eigenvalue weighted by Crippen LogP contribution is 2.16. The van der Waals surface area contributed by atoms with Crippen LogP contribution in [-0.4, -0.2) is 20.9 Å². The summed E-state index contributed by atoms with van der Waals surface area (Å²) in [5.74, 6) is 0. The number of aromatic amines is 1. The summed E-state index contributed by atoms with van der Waals surface area (Å²) in [6.07, 6.45) is 0.626. The molecule has 2 heterocycles. The summed E-state index contributed by atoms with van der Waals surface area (Å²) in [6.45, 7) is 0. The third kappa shape index (κ3) is 1.08. The summed E-state index contributed by atoms with van der Waals surface area (Å²) >= 11 is 0. The van der Waals surface area contributed by atoms with Gasteiger partial charge in [0.2, 0.25) is 0 Å². The molecule has 16 heavy (non-hydrogen) atoms. The highest BCUT2D eigenvalue weighted by atomic mass is 16.1. The van der Waals surface area contributed by atoms with E-state index < -0.39 is 0 Å². The SMILES string of the molecule is O=Cc1cc2c3ccccc3[nH]c(=O)n2n1. The fourth-order valence-electron chi connectivity index (χ4n) is 1.79. The van der Waals surface area contributed by atoms with Crippen LogP contribution in [0.1, 0.15) is 10.5 Å². The van der Waals surface area contributed by atoms with Crippen LogP contribution in [0.15, 0.2) is 35.1 Å². The first kappa shape index (κ1) is 8.84. The molecule has 0 bridgehead atoms. The Morgan fingerprint density at radius 1 is 1.31 bits per heavy atom. The number of nitrogens with one attached hydrogen (secondary N) is 1. The molecule has 3 aromatic rings. The van der Waals surface area contributed by atoms with Crippen molar-refractivity contribution in [2.75, 3.05) is 0 Å². The van der Waals surface area contributed by atoms with E-state index >= 15 is 0 Å². The number of aldehydes is 1. The molecule has 0 atom stereocenters. The Labute approximate surface area is 89.3 Å². The van der Waals surface area contributed by atoms with Crippen LogP contribution < -0.4 is 5.69 Å². The minimum absolute atomic E-state index is 0.252. The number of nitrogens with zero attached hydrogens (tertiary/aromatic N) is 2. The number of benzene rings is 1. The Morgan fingerprint density at radius 3 is 2.94 bits per heavy atom. The molecule has 5 heteroatoms. The lowest BCUT2D eigenvalue weighted by Crippen LogP contribution is -2.17. The first-order chi connectivity index (χ1) is 7.79. The normalized spacial score (nSPS) is 11.0. The average Bonchev–Trinajstić information content (AvgIpc) is 2.74. The Morgan fingerprint density at radius 2 is 2.12 bits per heavy atom. The van der Waals surface area contributed by atoms with Crippen molar-refractivity contribution in [3.05, 3.63) is 46.5 Å². The zero-order valence-electron chi connectivity index (χ0n) is 8.18. The van der Waals surface area contributed by atoms with Gasteiger partial charge in [-0.15, -0.1) is 0 Å². The molecule has 0 spiro atoms.